The van der Waals surface area contributed by atoms with Gasteiger partial charge < -0.3 is 19.7 Å². The SMILES string of the molecule is C=C\C=C/C(=C\C(C)=C/C)c1c2cc(O)c(=O)cc-2oc2cc(O)c(O)cc12. The Kier molecular flexibility index (Phi) is 5.09. The second kappa shape index (κ2) is 7.48. The van der Waals surface area contributed by atoms with E-state index in [0.717, 1.165) is 11.1 Å². The summed E-state index contributed by atoms with van der Waals surface area (Å²) in [5, 5.41) is 30.4. The number of phenols is 3. The average Bonchev–Trinajstić information content (AvgIpc) is 2.66. The molecule has 0 atom stereocenters. The number of fused-ring (bicyclic) bond motifs is 2. The topological polar surface area (TPSA) is 90.9 Å². The van der Waals surface area contributed by atoms with E-state index in [1.807, 2.05) is 32.1 Å². The molecule has 1 heterocycles. The van der Waals surface area contributed by atoms with Gasteiger partial charge in [-0.25, -0.2) is 0 Å². The van der Waals surface area contributed by atoms with Crippen LogP contribution in [0.4, 0.5) is 0 Å². The van der Waals surface area contributed by atoms with Crippen molar-refractivity contribution >= 4 is 16.5 Å². The number of phenolic OH excluding ortho intramolecular Hbond substituents is 3. The van der Waals surface area contributed by atoms with Crippen molar-refractivity contribution in [1.82, 2.24) is 0 Å². The molecule has 5 heteroatoms. The Labute approximate surface area is 161 Å². The summed E-state index contributed by atoms with van der Waals surface area (Å²) in [6.45, 7) is 7.55. The first kappa shape index (κ1) is 19.0. The standard InChI is InChI=1S/C23H20O5/c1-4-6-7-14(8-13(3)5-2)23-15-9-17(24)19(26)11-21(15)28-22-12-20(27)18(25)10-16(22)23/h4-12,24-26H,1H2,2-3H3/b7-6-,13-5-,14-8+. The predicted molar refractivity (Wildman–Crippen MR) is 111 cm³/mol. The molecule has 0 fully saturated rings. The van der Waals surface area contributed by atoms with Gasteiger partial charge in [0, 0.05) is 28.6 Å². The molecule has 28 heavy (non-hydrogen) atoms. The van der Waals surface area contributed by atoms with Gasteiger partial charge in [-0.15, -0.1) is 0 Å². The Hall–Kier alpha value is -3.73. The fourth-order valence-electron chi connectivity index (χ4n) is 2.95. The van der Waals surface area contributed by atoms with Gasteiger partial charge >= 0.3 is 0 Å². The van der Waals surface area contributed by atoms with Gasteiger partial charge in [0.25, 0.3) is 0 Å². The maximum Gasteiger partial charge on any atom is 0.223 e. The van der Waals surface area contributed by atoms with Gasteiger partial charge in [-0.05, 0) is 31.6 Å². The number of benzene rings is 2. The maximum atomic E-state index is 11.9. The van der Waals surface area contributed by atoms with Crippen LogP contribution in [0.15, 0.2) is 76.0 Å². The van der Waals surface area contributed by atoms with E-state index in [4.69, 9.17) is 4.42 Å². The van der Waals surface area contributed by atoms with Crippen molar-refractivity contribution in [2.24, 2.45) is 0 Å². The molecule has 0 saturated carbocycles. The van der Waals surface area contributed by atoms with Crippen LogP contribution >= 0.6 is 0 Å². The van der Waals surface area contributed by atoms with Gasteiger partial charge in [0.05, 0.1) is 0 Å². The highest BCUT2D eigenvalue weighted by atomic mass is 16.3. The van der Waals surface area contributed by atoms with E-state index in [1.165, 1.54) is 24.3 Å². The second-order valence-electron chi connectivity index (χ2n) is 6.36. The molecule has 1 aromatic rings. The monoisotopic (exact) mass is 376 g/mol. The summed E-state index contributed by atoms with van der Waals surface area (Å²) in [7, 11) is 0. The molecule has 0 saturated heterocycles. The van der Waals surface area contributed by atoms with Crippen LogP contribution in [0.1, 0.15) is 19.4 Å². The van der Waals surface area contributed by atoms with Crippen LogP contribution in [0.5, 0.6) is 17.2 Å². The molecule has 0 aromatic heterocycles. The van der Waals surface area contributed by atoms with Crippen molar-refractivity contribution in [2.75, 3.05) is 0 Å². The Morgan fingerprint density at radius 1 is 1.07 bits per heavy atom. The van der Waals surface area contributed by atoms with Crippen molar-refractivity contribution in [3.8, 4) is 28.6 Å². The van der Waals surface area contributed by atoms with Gasteiger partial charge in [-0.3, -0.25) is 4.79 Å². The van der Waals surface area contributed by atoms with Crippen molar-refractivity contribution in [1.29, 1.82) is 0 Å². The largest absolute Gasteiger partial charge is 0.504 e. The molecule has 0 amide bonds. The lowest BCUT2D eigenvalue weighted by molar-refractivity contribution is 0.403. The zero-order chi connectivity index (χ0) is 20.4. The van der Waals surface area contributed by atoms with Crippen molar-refractivity contribution in [3.05, 3.63) is 82.6 Å². The van der Waals surface area contributed by atoms with Gasteiger partial charge in [-0.2, -0.15) is 0 Å². The van der Waals surface area contributed by atoms with E-state index in [-0.39, 0.29) is 17.3 Å². The van der Waals surface area contributed by atoms with Crippen LogP contribution in [0.25, 0.3) is 27.9 Å². The molecular formula is C23H20O5. The minimum absolute atomic E-state index is 0.256. The van der Waals surface area contributed by atoms with Crippen molar-refractivity contribution in [3.63, 3.8) is 0 Å². The third-order valence-corrected chi connectivity index (χ3v) is 4.44. The van der Waals surface area contributed by atoms with Gasteiger partial charge in [0.1, 0.15) is 11.3 Å². The normalized spacial score (nSPS) is 12.9. The fraction of sp³-hybridized carbons (Fsp3) is 0.0870. The Morgan fingerprint density at radius 2 is 1.79 bits per heavy atom. The highest BCUT2D eigenvalue weighted by molar-refractivity contribution is 6.02. The third kappa shape index (κ3) is 3.42. The quantitative estimate of drug-likeness (QED) is 0.334. The predicted octanol–water partition coefficient (Wildman–Crippen LogP) is 5.11. The van der Waals surface area contributed by atoms with E-state index in [0.29, 0.717) is 22.1 Å². The molecule has 0 radical (unpaired) electrons. The molecule has 1 aromatic carbocycles. The summed E-state index contributed by atoms with van der Waals surface area (Å²) in [6.07, 6.45) is 9.10. The van der Waals surface area contributed by atoms with E-state index < -0.39 is 11.2 Å². The number of aromatic hydroxyl groups is 3. The van der Waals surface area contributed by atoms with E-state index in [2.05, 4.69) is 6.58 Å². The molecule has 1 aliphatic carbocycles. The average molecular weight is 376 g/mol. The lowest BCUT2D eigenvalue weighted by atomic mass is 9.91. The molecule has 142 valence electrons. The van der Waals surface area contributed by atoms with E-state index in [9.17, 15) is 20.1 Å². The molecule has 5 nitrogen and oxygen atoms in total. The van der Waals surface area contributed by atoms with Crippen molar-refractivity contribution < 1.29 is 19.7 Å². The molecule has 1 aliphatic heterocycles. The minimum atomic E-state index is -0.568. The second-order valence-corrected chi connectivity index (χ2v) is 6.36. The van der Waals surface area contributed by atoms with Gasteiger partial charge in [-0.1, -0.05) is 42.5 Å². The van der Waals surface area contributed by atoms with Crippen molar-refractivity contribution in [2.45, 2.75) is 13.8 Å². The zero-order valence-corrected chi connectivity index (χ0v) is 15.6. The summed E-state index contributed by atoms with van der Waals surface area (Å²) in [6, 6.07) is 5.24. The molecule has 0 unspecified atom stereocenters. The number of allylic oxidation sites excluding steroid dienone is 7. The lowest BCUT2D eigenvalue weighted by Crippen LogP contribution is -2.02. The first-order chi connectivity index (χ1) is 13.3. The smallest absolute Gasteiger partial charge is 0.223 e. The minimum Gasteiger partial charge on any atom is -0.504 e. The van der Waals surface area contributed by atoms with E-state index >= 15 is 0 Å². The summed E-state index contributed by atoms with van der Waals surface area (Å²) in [4.78, 5) is 11.9. The summed E-state index contributed by atoms with van der Waals surface area (Å²) in [5.41, 5.74) is 2.60. The Morgan fingerprint density at radius 3 is 2.46 bits per heavy atom. The first-order valence-electron chi connectivity index (χ1n) is 8.65. The van der Waals surface area contributed by atoms with Gasteiger partial charge in [0.15, 0.2) is 17.2 Å². The molecule has 0 spiro atoms. The van der Waals surface area contributed by atoms with Crippen LogP contribution in [0.3, 0.4) is 0 Å². The highest BCUT2D eigenvalue weighted by Gasteiger charge is 2.21. The fourth-order valence-corrected chi connectivity index (χ4v) is 2.95. The molecular weight excluding hydrogens is 356 g/mol. The van der Waals surface area contributed by atoms with Gasteiger partial charge in [0.2, 0.25) is 5.43 Å². The number of hydrogen-bond acceptors (Lipinski definition) is 5. The molecule has 3 rings (SSSR count). The Balaban J connectivity index is 2.55. The van der Waals surface area contributed by atoms with E-state index in [1.54, 1.807) is 12.2 Å². The van der Waals surface area contributed by atoms with Crippen LogP contribution in [0, 0.1) is 0 Å². The van der Waals surface area contributed by atoms with Crippen LogP contribution in [0.2, 0.25) is 0 Å². The number of hydrogen-bond donors (Lipinski definition) is 3. The lowest BCUT2D eigenvalue weighted by Gasteiger charge is -2.17. The molecule has 2 aliphatic rings. The van der Waals surface area contributed by atoms with Crippen LogP contribution < -0.4 is 5.43 Å². The number of rotatable bonds is 4. The maximum absolute atomic E-state index is 11.9. The summed E-state index contributed by atoms with van der Waals surface area (Å²) in [5.74, 6) is -0.783. The zero-order valence-electron chi connectivity index (χ0n) is 15.6. The summed E-state index contributed by atoms with van der Waals surface area (Å²) < 4.78 is 5.78. The van der Waals surface area contributed by atoms with Crippen LogP contribution in [-0.4, -0.2) is 15.3 Å². The van der Waals surface area contributed by atoms with Crippen LogP contribution in [-0.2, 0) is 0 Å². The summed E-state index contributed by atoms with van der Waals surface area (Å²) >= 11 is 0. The third-order valence-electron chi connectivity index (χ3n) is 4.44. The first-order valence-corrected chi connectivity index (χ1v) is 8.65. The Bertz CT molecular complexity index is 1190. The molecule has 0 bridgehead atoms. The molecule has 3 N–H and O–H groups in total. The highest BCUT2D eigenvalue weighted by Crippen LogP contribution is 2.42.